The van der Waals surface area contributed by atoms with Crippen LogP contribution in [0.4, 0.5) is 0 Å². The molecule has 3 heteroatoms. The van der Waals surface area contributed by atoms with E-state index in [2.05, 4.69) is 6.58 Å². The minimum absolute atomic E-state index is 0.0292. The summed E-state index contributed by atoms with van der Waals surface area (Å²) in [5.41, 5.74) is 2.25. The lowest BCUT2D eigenvalue weighted by Crippen LogP contribution is -2.57. The average Bonchev–Trinajstić information content (AvgIpc) is 2.63. The molecule has 1 saturated carbocycles. The maximum absolute atomic E-state index is 10.3. The Morgan fingerprint density at radius 3 is 2.08 bits per heavy atom. The Morgan fingerprint density at radius 2 is 1.50 bits per heavy atom. The summed E-state index contributed by atoms with van der Waals surface area (Å²) in [5.74, 6) is 0.173. The summed E-state index contributed by atoms with van der Waals surface area (Å²) in [6.07, 6.45) is 1.10. The van der Waals surface area contributed by atoms with Gasteiger partial charge in [0.25, 0.3) is 0 Å². The van der Waals surface area contributed by atoms with E-state index in [4.69, 9.17) is 9.47 Å². The molecule has 2 aromatic carbocycles. The van der Waals surface area contributed by atoms with Gasteiger partial charge in [0.2, 0.25) is 0 Å². The fourth-order valence-corrected chi connectivity index (χ4v) is 3.20. The van der Waals surface area contributed by atoms with E-state index in [1.807, 2.05) is 66.7 Å². The van der Waals surface area contributed by atoms with Crippen molar-refractivity contribution in [3.63, 3.8) is 0 Å². The molecule has 0 aliphatic heterocycles. The topological polar surface area (TPSA) is 38.7 Å². The van der Waals surface area contributed by atoms with Crippen LogP contribution >= 0.6 is 0 Å². The first-order valence-electron chi connectivity index (χ1n) is 8.37. The molecule has 2 aromatic rings. The van der Waals surface area contributed by atoms with Gasteiger partial charge in [-0.1, -0.05) is 66.7 Å². The van der Waals surface area contributed by atoms with Gasteiger partial charge < -0.3 is 14.6 Å². The van der Waals surface area contributed by atoms with Gasteiger partial charge in [0.1, 0.15) is 0 Å². The van der Waals surface area contributed by atoms with E-state index in [9.17, 15) is 5.11 Å². The summed E-state index contributed by atoms with van der Waals surface area (Å²) in [6.45, 7) is 5.46. The first kappa shape index (κ1) is 16.9. The molecule has 0 radical (unpaired) electrons. The van der Waals surface area contributed by atoms with Crippen molar-refractivity contribution in [2.24, 2.45) is 11.8 Å². The molecule has 1 N–H and O–H groups in total. The van der Waals surface area contributed by atoms with Crippen LogP contribution in [0.25, 0.3) is 0 Å². The number of benzene rings is 2. The van der Waals surface area contributed by atoms with Gasteiger partial charge in [-0.15, -0.1) is 6.58 Å². The van der Waals surface area contributed by atoms with E-state index in [-0.39, 0.29) is 17.9 Å². The Hall–Kier alpha value is -1.94. The molecule has 0 heterocycles. The van der Waals surface area contributed by atoms with Crippen molar-refractivity contribution in [3.8, 4) is 0 Å². The van der Waals surface area contributed by atoms with Crippen LogP contribution in [0.15, 0.2) is 73.3 Å². The quantitative estimate of drug-likeness (QED) is 0.754. The monoisotopic (exact) mass is 324 g/mol. The lowest BCUT2D eigenvalue weighted by Gasteiger charge is -2.47. The Kier molecular flexibility index (Phi) is 5.81. The highest BCUT2D eigenvalue weighted by atomic mass is 16.5. The van der Waals surface area contributed by atoms with Gasteiger partial charge in [-0.2, -0.15) is 0 Å². The molecule has 3 nitrogen and oxygen atoms in total. The number of ether oxygens (including phenoxy) is 2. The van der Waals surface area contributed by atoms with Gasteiger partial charge in [0, 0.05) is 11.8 Å². The summed E-state index contributed by atoms with van der Waals surface area (Å²) in [4.78, 5) is 0. The predicted molar refractivity (Wildman–Crippen MR) is 94.3 cm³/mol. The smallest absolute Gasteiger partial charge is 0.0901 e. The van der Waals surface area contributed by atoms with Crippen molar-refractivity contribution in [2.45, 2.75) is 25.4 Å². The van der Waals surface area contributed by atoms with Gasteiger partial charge in [-0.3, -0.25) is 0 Å². The summed E-state index contributed by atoms with van der Waals surface area (Å²) in [6, 6.07) is 20.1. The highest BCUT2D eigenvalue weighted by Gasteiger charge is 2.49. The lowest BCUT2D eigenvalue weighted by molar-refractivity contribution is -0.189. The Morgan fingerprint density at radius 1 is 0.917 bits per heavy atom. The second kappa shape index (κ2) is 8.25. The van der Waals surface area contributed by atoms with Crippen molar-refractivity contribution in [1.29, 1.82) is 0 Å². The molecule has 0 amide bonds. The van der Waals surface area contributed by atoms with E-state index < -0.39 is 6.10 Å². The van der Waals surface area contributed by atoms with Gasteiger partial charge in [-0.25, -0.2) is 0 Å². The van der Waals surface area contributed by atoms with Gasteiger partial charge >= 0.3 is 0 Å². The molecule has 0 spiro atoms. The van der Waals surface area contributed by atoms with Crippen molar-refractivity contribution >= 4 is 0 Å². The molecular weight excluding hydrogens is 300 g/mol. The molecule has 1 aliphatic rings. The lowest BCUT2D eigenvalue weighted by atomic mass is 9.68. The molecular formula is C21H24O3. The third-order valence-corrected chi connectivity index (χ3v) is 4.63. The maximum Gasteiger partial charge on any atom is 0.0901 e. The molecule has 24 heavy (non-hydrogen) atoms. The van der Waals surface area contributed by atoms with Crippen LogP contribution in [0.5, 0.6) is 0 Å². The zero-order valence-corrected chi connectivity index (χ0v) is 13.8. The standard InChI is InChI=1S/C21H24O3/c1-2-18-19(15-23-13-16-9-5-3-6-10-16)21(20(18)22)24-14-17-11-7-4-8-12-17/h2-12,18-22H,1,13-15H2/t18-,19-,20-,21-/m1/s1. The predicted octanol–water partition coefficient (Wildman–Crippen LogP) is 3.58. The van der Waals surface area contributed by atoms with E-state index in [0.29, 0.717) is 19.8 Å². The maximum atomic E-state index is 10.3. The Bertz CT molecular complexity index is 626. The van der Waals surface area contributed by atoms with E-state index in [1.54, 1.807) is 0 Å². The zero-order chi connectivity index (χ0) is 16.8. The van der Waals surface area contributed by atoms with E-state index in [1.165, 1.54) is 0 Å². The second-order valence-electron chi connectivity index (χ2n) is 6.23. The number of rotatable bonds is 8. The van der Waals surface area contributed by atoms with Crippen LogP contribution in [-0.4, -0.2) is 23.9 Å². The average molecular weight is 324 g/mol. The first-order valence-corrected chi connectivity index (χ1v) is 8.37. The van der Waals surface area contributed by atoms with Crippen LogP contribution in [0.1, 0.15) is 11.1 Å². The molecule has 4 atom stereocenters. The van der Waals surface area contributed by atoms with Crippen molar-refractivity contribution in [1.82, 2.24) is 0 Å². The van der Waals surface area contributed by atoms with Gasteiger partial charge in [-0.05, 0) is 11.1 Å². The van der Waals surface area contributed by atoms with Crippen LogP contribution < -0.4 is 0 Å². The molecule has 126 valence electrons. The van der Waals surface area contributed by atoms with Crippen molar-refractivity contribution in [2.75, 3.05) is 6.61 Å². The number of hydrogen-bond acceptors (Lipinski definition) is 3. The van der Waals surface area contributed by atoms with Crippen LogP contribution in [0.3, 0.4) is 0 Å². The first-order chi connectivity index (χ1) is 11.8. The van der Waals surface area contributed by atoms with Crippen LogP contribution in [0, 0.1) is 11.8 Å². The molecule has 3 rings (SSSR count). The summed E-state index contributed by atoms with van der Waals surface area (Å²) in [7, 11) is 0. The largest absolute Gasteiger partial charge is 0.390 e. The summed E-state index contributed by atoms with van der Waals surface area (Å²) >= 11 is 0. The van der Waals surface area contributed by atoms with Crippen LogP contribution in [0.2, 0.25) is 0 Å². The van der Waals surface area contributed by atoms with Gasteiger partial charge in [0.15, 0.2) is 0 Å². The number of aliphatic hydroxyl groups is 1. The van der Waals surface area contributed by atoms with Gasteiger partial charge in [0.05, 0.1) is 32.0 Å². The zero-order valence-electron chi connectivity index (χ0n) is 13.8. The second-order valence-corrected chi connectivity index (χ2v) is 6.23. The van der Waals surface area contributed by atoms with E-state index >= 15 is 0 Å². The third-order valence-electron chi connectivity index (χ3n) is 4.63. The summed E-state index contributed by atoms with van der Waals surface area (Å²) < 4.78 is 11.8. The minimum atomic E-state index is -0.503. The van der Waals surface area contributed by atoms with Crippen molar-refractivity contribution in [3.05, 3.63) is 84.4 Å². The van der Waals surface area contributed by atoms with Crippen LogP contribution in [-0.2, 0) is 22.7 Å². The molecule has 0 unspecified atom stereocenters. The molecule has 1 fully saturated rings. The molecule has 0 saturated heterocycles. The minimum Gasteiger partial charge on any atom is -0.390 e. The third kappa shape index (κ3) is 3.93. The number of aliphatic hydroxyl groups excluding tert-OH is 1. The number of hydrogen-bond donors (Lipinski definition) is 1. The fraction of sp³-hybridized carbons (Fsp3) is 0.333. The Labute approximate surface area is 143 Å². The molecule has 0 aromatic heterocycles. The van der Waals surface area contributed by atoms with E-state index in [0.717, 1.165) is 11.1 Å². The molecule has 0 bridgehead atoms. The Balaban J connectivity index is 1.52. The highest BCUT2D eigenvalue weighted by molar-refractivity contribution is 5.15. The normalized spacial score (nSPS) is 25.9. The summed E-state index contributed by atoms with van der Waals surface area (Å²) in [5, 5.41) is 10.3. The highest BCUT2D eigenvalue weighted by Crippen LogP contribution is 2.39. The molecule has 1 aliphatic carbocycles. The SMILES string of the molecule is C=C[C@H]1[C@@H](O)[C@H](OCc2ccccc2)[C@@H]1COCc1ccccc1. The van der Waals surface area contributed by atoms with Crippen molar-refractivity contribution < 1.29 is 14.6 Å². The fourth-order valence-electron chi connectivity index (χ4n) is 3.20.